The Bertz CT molecular complexity index is 1460. The number of aromatic amines is 1. The van der Waals surface area contributed by atoms with E-state index in [1.807, 2.05) is 23.1 Å². The van der Waals surface area contributed by atoms with Crippen molar-refractivity contribution < 1.29 is 4.39 Å². The summed E-state index contributed by atoms with van der Waals surface area (Å²) in [5.74, 6) is -0.128. The molecule has 0 unspecified atom stereocenters. The molecule has 5 rings (SSSR count). The molecule has 2 aromatic carbocycles. The Morgan fingerprint density at radius 3 is 2.67 bits per heavy atom. The van der Waals surface area contributed by atoms with Crippen molar-refractivity contribution in [1.29, 1.82) is 0 Å². The first-order chi connectivity index (χ1) is 16.0. The summed E-state index contributed by atoms with van der Waals surface area (Å²) < 4.78 is 16.1. The maximum Gasteiger partial charge on any atom is 0.263 e. The molecule has 4 aromatic rings. The Hall–Kier alpha value is -4.03. The van der Waals surface area contributed by atoms with Crippen molar-refractivity contribution in [3.63, 3.8) is 0 Å². The van der Waals surface area contributed by atoms with Crippen molar-refractivity contribution in [2.45, 2.75) is 18.9 Å². The largest absolute Gasteiger partial charge is 0.342 e. The van der Waals surface area contributed by atoms with E-state index < -0.39 is 5.82 Å². The van der Waals surface area contributed by atoms with Crippen LogP contribution in [0.25, 0.3) is 38.1 Å². The van der Waals surface area contributed by atoms with Crippen molar-refractivity contribution in [2.75, 3.05) is 18.0 Å². The molecule has 1 saturated heterocycles. The van der Waals surface area contributed by atoms with Crippen molar-refractivity contribution in [1.82, 2.24) is 19.7 Å². The number of piperidine rings is 1. The highest BCUT2D eigenvalue weighted by atomic mass is 19.1. The minimum Gasteiger partial charge on any atom is -0.342 e. The van der Waals surface area contributed by atoms with Crippen LogP contribution < -0.4 is 16.2 Å². The highest BCUT2D eigenvalue weighted by molar-refractivity contribution is 5.88. The summed E-state index contributed by atoms with van der Waals surface area (Å²) in [6.07, 6.45) is 3.29. The Morgan fingerprint density at radius 1 is 1.18 bits per heavy atom. The van der Waals surface area contributed by atoms with E-state index in [-0.39, 0.29) is 17.3 Å². The predicted octanol–water partition coefficient (Wildman–Crippen LogP) is 3.61. The van der Waals surface area contributed by atoms with Crippen molar-refractivity contribution in [3.05, 3.63) is 70.2 Å². The average molecular weight is 443 g/mol. The third-order valence-corrected chi connectivity index (χ3v) is 6.16. The van der Waals surface area contributed by atoms with Crippen LogP contribution in [0.2, 0.25) is 0 Å². The van der Waals surface area contributed by atoms with E-state index >= 15 is 0 Å². The summed E-state index contributed by atoms with van der Waals surface area (Å²) in [5, 5.41) is 7.80. The Kier molecular flexibility index (Phi) is 5.15. The van der Waals surface area contributed by atoms with Gasteiger partial charge in [-0.25, -0.2) is 14.2 Å². The molecule has 1 fully saturated rings. The average Bonchev–Trinajstić information content (AvgIpc) is 3.29. The lowest BCUT2D eigenvalue weighted by molar-refractivity contribution is 0.490. The zero-order valence-electron chi connectivity index (χ0n) is 18.0. The van der Waals surface area contributed by atoms with E-state index in [2.05, 4.69) is 15.0 Å². The number of aromatic nitrogens is 4. The summed E-state index contributed by atoms with van der Waals surface area (Å²) in [4.78, 5) is 23.8. The van der Waals surface area contributed by atoms with Crippen molar-refractivity contribution >= 4 is 22.5 Å². The Labute approximate surface area is 189 Å². The van der Waals surface area contributed by atoms with Crippen LogP contribution in [-0.2, 0) is 7.05 Å². The first-order valence-electron chi connectivity index (χ1n) is 10.7. The van der Waals surface area contributed by atoms with E-state index in [0.717, 1.165) is 23.7 Å². The second-order valence-electron chi connectivity index (χ2n) is 8.27. The van der Waals surface area contributed by atoms with Crippen LogP contribution in [-0.4, -0.2) is 38.9 Å². The van der Waals surface area contributed by atoms with Crippen molar-refractivity contribution in [2.24, 2.45) is 12.8 Å². The molecule has 166 valence electrons. The number of benzene rings is 2. The molecule has 0 amide bonds. The van der Waals surface area contributed by atoms with Crippen LogP contribution in [0, 0.1) is 12.4 Å². The molecule has 9 heteroatoms. The van der Waals surface area contributed by atoms with E-state index in [0.29, 0.717) is 41.4 Å². The van der Waals surface area contributed by atoms with Crippen LogP contribution in [0.1, 0.15) is 12.8 Å². The molecule has 3 heterocycles. The summed E-state index contributed by atoms with van der Waals surface area (Å²) >= 11 is 0. The van der Waals surface area contributed by atoms with E-state index in [1.165, 1.54) is 12.1 Å². The number of hydrogen-bond acceptors (Lipinski definition) is 5. The third kappa shape index (κ3) is 3.64. The molecule has 0 aliphatic carbocycles. The summed E-state index contributed by atoms with van der Waals surface area (Å²) in [7, 11) is 1.70. The van der Waals surface area contributed by atoms with Crippen LogP contribution in [0.5, 0.6) is 0 Å². The molecule has 0 atom stereocenters. The minimum absolute atomic E-state index is 0.0748. The molecular weight excluding hydrogens is 421 g/mol. The van der Waals surface area contributed by atoms with Gasteiger partial charge in [-0.3, -0.25) is 14.5 Å². The number of nitrogens with two attached hydrogens (primary N) is 1. The number of H-pyrrole nitrogens is 1. The maximum absolute atomic E-state index is 14.6. The van der Waals surface area contributed by atoms with Gasteiger partial charge in [-0.15, -0.1) is 0 Å². The molecule has 0 spiro atoms. The second-order valence-corrected chi connectivity index (χ2v) is 8.27. The SMILES string of the molecule is [C-]#[N+]c1ccc(-c2nc(N3CCC(N)CC3)n(C)c(=O)c2-c2ccc3[nH]ncc3c2)cc1F. The van der Waals surface area contributed by atoms with E-state index in [1.54, 1.807) is 23.9 Å². The molecule has 1 aliphatic heterocycles. The fourth-order valence-corrected chi connectivity index (χ4v) is 4.29. The predicted molar refractivity (Wildman–Crippen MR) is 126 cm³/mol. The fraction of sp³-hybridized carbons (Fsp3) is 0.250. The molecule has 8 nitrogen and oxygen atoms in total. The number of halogens is 1. The lowest BCUT2D eigenvalue weighted by atomic mass is 9.99. The van der Waals surface area contributed by atoms with Crippen LogP contribution >= 0.6 is 0 Å². The highest BCUT2D eigenvalue weighted by Crippen LogP contribution is 2.33. The lowest BCUT2D eigenvalue weighted by Gasteiger charge is -2.32. The Morgan fingerprint density at radius 2 is 1.94 bits per heavy atom. The fourth-order valence-electron chi connectivity index (χ4n) is 4.29. The first-order valence-corrected chi connectivity index (χ1v) is 10.7. The zero-order valence-corrected chi connectivity index (χ0v) is 18.0. The second kappa shape index (κ2) is 8.15. The zero-order chi connectivity index (χ0) is 23.1. The summed E-state index contributed by atoms with van der Waals surface area (Å²) in [6.45, 7) is 8.51. The van der Waals surface area contributed by atoms with Gasteiger partial charge < -0.3 is 10.6 Å². The van der Waals surface area contributed by atoms with Gasteiger partial charge in [-0.2, -0.15) is 5.10 Å². The third-order valence-electron chi connectivity index (χ3n) is 6.16. The van der Waals surface area contributed by atoms with Crippen molar-refractivity contribution in [3.8, 4) is 22.4 Å². The smallest absolute Gasteiger partial charge is 0.263 e. The Balaban J connectivity index is 1.75. The van der Waals surface area contributed by atoms with Crippen LogP contribution in [0.4, 0.5) is 16.0 Å². The minimum atomic E-state index is -0.647. The molecule has 33 heavy (non-hydrogen) atoms. The van der Waals surface area contributed by atoms with Crippen LogP contribution in [0.3, 0.4) is 0 Å². The topological polar surface area (TPSA) is 97.2 Å². The molecule has 3 N–H and O–H groups in total. The highest BCUT2D eigenvalue weighted by Gasteiger charge is 2.24. The van der Waals surface area contributed by atoms with E-state index in [4.69, 9.17) is 17.3 Å². The summed E-state index contributed by atoms with van der Waals surface area (Å²) in [6, 6.07) is 9.99. The number of nitrogens with one attached hydrogen (secondary N) is 1. The van der Waals surface area contributed by atoms with Gasteiger partial charge in [0.1, 0.15) is 5.82 Å². The van der Waals surface area contributed by atoms with Crippen LogP contribution in [0.15, 0.2) is 47.4 Å². The standard InChI is InChI=1S/C24H22FN7O/c1-27-20-6-4-15(12-18(20)25)22-21(14-3-5-19-16(11-14)13-28-30-19)23(33)31(2)24(29-22)32-9-7-17(26)8-10-32/h3-6,11-13,17H,7-10,26H2,2H3,(H,28,30). The molecule has 0 bridgehead atoms. The molecular formula is C24H22FN7O. The van der Waals surface area contributed by atoms with Gasteiger partial charge in [0.2, 0.25) is 11.6 Å². The normalized spacial score (nSPS) is 14.5. The van der Waals surface area contributed by atoms with Gasteiger partial charge in [0, 0.05) is 37.1 Å². The number of anilines is 1. The molecule has 0 radical (unpaired) electrons. The number of nitrogens with zero attached hydrogens (tertiary/aromatic N) is 5. The quantitative estimate of drug-likeness (QED) is 0.472. The maximum atomic E-state index is 14.6. The number of hydrogen-bond donors (Lipinski definition) is 2. The van der Waals surface area contributed by atoms with Gasteiger partial charge >= 0.3 is 0 Å². The monoisotopic (exact) mass is 443 g/mol. The first kappa shape index (κ1) is 20.8. The molecule has 0 saturated carbocycles. The van der Waals surface area contributed by atoms with Gasteiger partial charge in [0.05, 0.1) is 29.5 Å². The van der Waals surface area contributed by atoms with Gasteiger partial charge in [0.25, 0.3) is 5.56 Å². The van der Waals surface area contributed by atoms with Gasteiger partial charge in [-0.05, 0) is 36.6 Å². The molecule has 1 aliphatic rings. The van der Waals surface area contributed by atoms with Gasteiger partial charge in [0.15, 0.2) is 0 Å². The molecule has 2 aromatic heterocycles. The van der Waals surface area contributed by atoms with E-state index in [9.17, 15) is 9.18 Å². The number of rotatable bonds is 3. The number of fused-ring (bicyclic) bond motifs is 1. The lowest BCUT2D eigenvalue weighted by Crippen LogP contribution is -2.42. The summed E-state index contributed by atoms with van der Waals surface area (Å²) in [5.41, 5.74) is 8.44. The van der Waals surface area contributed by atoms with Gasteiger partial charge in [-0.1, -0.05) is 18.2 Å².